The molecule has 1 heterocycles. The third-order valence-corrected chi connectivity index (χ3v) is 4.14. The van der Waals surface area contributed by atoms with Crippen molar-refractivity contribution in [1.29, 1.82) is 0 Å². The van der Waals surface area contributed by atoms with Crippen LogP contribution in [-0.2, 0) is 6.54 Å². The average molecular weight is 237 g/mol. The lowest BCUT2D eigenvalue weighted by Gasteiger charge is -2.25. The third kappa shape index (κ3) is 1.71. The number of aryl methyl sites for hydroxylation is 2. The fraction of sp³-hybridized carbons (Fsp3) is 0.294. The summed E-state index contributed by atoms with van der Waals surface area (Å²) in [4.78, 5) is 2.48. The van der Waals surface area contributed by atoms with E-state index in [9.17, 15) is 0 Å². The molecule has 0 amide bonds. The summed E-state index contributed by atoms with van der Waals surface area (Å²) >= 11 is 0. The van der Waals surface area contributed by atoms with Crippen molar-refractivity contribution in [1.82, 2.24) is 0 Å². The monoisotopic (exact) mass is 237 g/mol. The highest BCUT2D eigenvalue weighted by Crippen LogP contribution is 2.37. The van der Waals surface area contributed by atoms with E-state index in [0.717, 1.165) is 6.54 Å². The van der Waals surface area contributed by atoms with Gasteiger partial charge in [-0.1, -0.05) is 30.3 Å². The summed E-state index contributed by atoms with van der Waals surface area (Å²) in [5.74, 6) is 0. The van der Waals surface area contributed by atoms with Gasteiger partial charge in [0.05, 0.1) is 6.04 Å². The Hall–Kier alpha value is -1.76. The third-order valence-electron chi connectivity index (χ3n) is 4.14. The SMILES string of the molecule is Cc1ccc(N2Cc3ccccc3C2C)cc1C. The molecule has 92 valence electrons. The van der Waals surface area contributed by atoms with Crippen molar-refractivity contribution in [2.75, 3.05) is 4.90 Å². The minimum absolute atomic E-state index is 0.475. The standard InChI is InChI=1S/C17H19N/c1-12-8-9-16(10-13(12)2)18-11-15-6-4-5-7-17(15)14(18)3/h4-10,14H,11H2,1-3H3. The fourth-order valence-electron chi connectivity index (χ4n) is 2.79. The molecule has 0 saturated carbocycles. The van der Waals surface area contributed by atoms with E-state index in [-0.39, 0.29) is 0 Å². The van der Waals surface area contributed by atoms with E-state index in [1.54, 1.807) is 0 Å². The molecule has 1 heteroatoms. The first-order valence-corrected chi connectivity index (χ1v) is 6.58. The Morgan fingerprint density at radius 3 is 2.50 bits per heavy atom. The Morgan fingerprint density at radius 1 is 1.00 bits per heavy atom. The van der Waals surface area contributed by atoms with Gasteiger partial charge in [-0.05, 0) is 55.2 Å². The second kappa shape index (κ2) is 4.16. The first-order valence-electron chi connectivity index (χ1n) is 6.58. The van der Waals surface area contributed by atoms with Gasteiger partial charge in [0.2, 0.25) is 0 Å². The molecule has 18 heavy (non-hydrogen) atoms. The molecule has 2 aromatic carbocycles. The summed E-state index contributed by atoms with van der Waals surface area (Å²) in [5, 5.41) is 0. The molecule has 0 N–H and O–H groups in total. The zero-order valence-electron chi connectivity index (χ0n) is 11.3. The molecule has 1 atom stereocenters. The van der Waals surface area contributed by atoms with Crippen molar-refractivity contribution in [3.63, 3.8) is 0 Å². The number of fused-ring (bicyclic) bond motifs is 1. The van der Waals surface area contributed by atoms with Crippen LogP contribution in [-0.4, -0.2) is 0 Å². The van der Waals surface area contributed by atoms with Crippen LogP contribution < -0.4 is 4.90 Å². The first kappa shape index (κ1) is 11.3. The molecule has 2 aromatic rings. The second-order valence-corrected chi connectivity index (χ2v) is 5.27. The number of hydrogen-bond donors (Lipinski definition) is 0. The summed E-state index contributed by atoms with van der Waals surface area (Å²) < 4.78 is 0. The topological polar surface area (TPSA) is 3.24 Å². The van der Waals surface area contributed by atoms with Gasteiger partial charge < -0.3 is 4.90 Å². The summed E-state index contributed by atoms with van der Waals surface area (Å²) in [5.41, 5.74) is 7.00. The average Bonchev–Trinajstić information content (AvgIpc) is 2.71. The molecule has 0 radical (unpaired) electrons. The lowest BCUT2D eigenvalue weighted by Crippen LogP contribution is -2.18. The highest BCUT2D eigenvalue weighted by atomic mass is 15.2. The lowest BCUT2D eigenvalue weighted by molar-refractivity contribution is 0.732. The Morgan fingerprint density at radius 2 is 1.78 bits per heavy atom. The van der Waals surface area contributed by atoms with Crippen LogP contribution in [0.3, 0.4) is 0 Å². The normalized spacial score (nSPS) is 17.9. The predicted molar refractivity (Wildman–Crippen MR) is 77.0 cm³/mol. The summed E-state index contributed by atoms with van der Waals surface area (Å²) in [6.07, 6.45) is 0. The van der Waals surface area contributed by atoms with Gasteiger partial charge in [0.15, 0.2) is 0 Å². The van der Waals surface area contributed by atoms with Crippen LogP contribution in [0.5, 0.6) is 0 Å². The quantitative estimate of drug-likeness (QED) is 0.711. The Kier molecular flexibility index (Phi) is 2.62. The van der Waals surface area contributed by atoms with Crippen molar-refractivity contribution in [2.45, 2.75) is 33.4 Å². The molecule has 0 saturated heterocycles. The van der Waals surface area contributed by atoms with E-state index in [4.69, 9.17) is 0 Å². The van der Waals surface area contributed by atoms with Crippen LogP contribution in [0.15, 0.2) is 42.5 Å². The van der Waals surface area contributed by atoms with Gasteiger partial charge in [-0.15, -0.1) is 0 Å². The van der Waals surface area contributed by atoms with Gasteiger partial charge in [-0.3, -0.25) is 0 Å². The first-order chi connectivity index (χ1) is 8.66. The maximum Gasteiger partial charge on any atom is 0.0521 e. The molecule has 3 rings (SSSR count). The van der Waals surface area contributed by atoms with Crippen molar-refractivity contribution >= 4 is 5.69 Å². The summed E-state index contributed by atoms with van der Waals surface area (Å²) in [6.45, 7) is 7.68. The number of nitrogens with zero attached hydrogens (tertiary/aromatic N) is 1. The maximum atomic E-state index is 2.48. The lowest BCUT2D eigenvalue weighted by atomic mass is 10.1. The van der Waals surface area contributed by atoms with Crippen molar-refractivity contribution in [3.8, 4) is 0 Å². The molecular weight excluding hydrogens is 218 g/mol. The molecule has 0 spiro atoms. The number of rotatable bonds is 1. The molecule has 0 aromatic heterocycles. The molecule has 1 nitrogen and oxygen atoms in total. The minimum atomic E-state index is 0.475. The van der Waals surface area contributed by atoms with Gasteiger partial charge in [0.1, 0.15) is 0 Å². The van der Waals surface area contributed by atoms with Crippen LogP contribution in [0, 0.1) is 13.8 Å². The molecule has 0 aliphatic carbocycles. The van der Waals surface area contributed by atoms with Crippen molar-refractivity contribution in [2.24, 2.45) is 0 Å². The van der Waals surface area contributed by atoms with E-state index >= 15 is 0 Å². The van der Waals surface area contributed by atoms with Crippen LogP contribution in [0.1, 0.15) is 35.2 Å². The van der Waals surface area contributed by atoms with Crippen LogP contribution in [0.2, 0.25) is 0 Å². The van der Waals surface area contributed by atoms with E-state index in [1.165, 1.54) is 27.9 Å². The van der Waals surface area contributed by atoms with Gasteiger partial charge in [-0.25, -0.2) is 0 Å². The zero-order chi connectivity index (χ0) is 12.7. The number of benzene rings is 2. The molecular formula is C17H19N. The number of hydrogen-bond acceptors (Lipinski definition) is 1. The van der Waals surface area contributed by atoms with Gasteiger partial charge in [0, 0.05) is 12.2 Å². The summed E-state index contributed by atoms with van der Waals surface area (Å²) in [6, 6.07) is 16.0. The summed E-state index contributed by atoms with van der Waals surface area (Å²) in [7, 11) is 0. The molecule has 0 bridgehead atoms. The van der Waals surface area contributed by atoms with Crippen molar-refractivity contribution < 1.29 is 0 Å². The fourth-order valence-corrected chi connectivity index (χ4v) is 2.79. The molecule has 0 fully saturated rings. The number of anilines is 1. The Balaban J connectivity index is 1.98. The van der Waals surface area contributed by atoms with Gasteiger partial charge in [0.25, 0.3) is 0 Å². The highest BCUT2D eigenvalue weighted by molar-refractivity contribution is 5.56. The van der Waals surface area contributed by atoms with Crippen LogP contribution >= 0.6 is 0 Å². The Bertz CT molecular complexity index is 586. The smallest absolute Gasteiger partial charge is 0.0521 e. The van der Waals surface area contributed by atoms with E-state index < -0.39 is 0 Å². The Labute approximate surface area is 109 Å². The van der Waals surface area contributed by atoms with Gasteiger partial charge in [-0.2, -0.15) is 0 Å². The van der Waals surface area contributed by atoms with Crippen molar-refractivity contribution in [3.05, 3.63) is 64.7 Å². The van der Waals surface area contributed by atoms with Crippen LogP contribution in [0.25, 0.3) is 0 Å². The van der Waals surface area contributed by atoms with Gasteiger partial charge >= 0.3 is 0 Å². The molecule has 1 aliphatic rings. The predicted octanol–water partition coefficient (Wildman–Crippen LogP) is 4.38. The molecule has 1 aliphatic heterocycles. The van der Waals surface area contributed by atoms with E-state index in [2.05, 4.69) is 68.1 Å². The van der Waals surface area contributed by atoms with Crippen LogP contribution in [0.4, 0.5) is 5.69 Å². The highest BCUT2D eigenvalue weighted by Gasteiger charge is 2.26. The zero-order valence-corrected chi connectivity index (χ0v) is 11.3. The minimum Gasteiger partial charge on any atom is -0.360 e. The maximum absolute atomic E-state index is 2.48. The molecule has 1 unspecified atom stereocenters. The van der Waals surface area contributed by atoms with E-state index in [1.807, 2.05) is 0 Å². The largest absolute Gasteiger partial charge is 0.360 e. The van der Waals surface area contributed by atoms with E-state index in [0.29, 0.717) is 6.04 Å². The second-order valence-electron chi connectivity index (χ2n) is 5.27.